The fourth-order valence-corrected chi connectivity index (χ4v) is 2.91. The summed E-state index contributed by atoms with van der Waals surface area (Å²) in [5, 5.41) is 6.52. The normalized spacial score (nSPS) is 11.2. The van der Waals surface area contributed by atoms with Crippen LogP contribution in [0.2, 0.25) is 0 Å². The molecular formula is C25H31N5O3. The fraction of sp³-hybridized carbons (Fsp3) is 0.320. The third kappa shape index (κ3) is 7.38. The lowest BCUT2D eigenvalue weighted by atomic mass is 10.1. The van der Waals surface area contributed by atoms with Crippen LogP contribution >= 0.6 is 0 Å². The zero-order chi connectivity index (χ0) is 23.6. The van der Waals surface area contributed by atoms with Gasteiger partial charge in [-0.25, -0.2) is 9.98 Å². The Morgan fingerprint density at radius 3 is 2.67 bits per heavy atom. The first-order valence-electron chi connectivity index (χ1n) is 10.9. The number of aromatic nitrogens is 1. The van der Waals surface area contributed by atoms with E-state index in [1.54, 1.807) is 20.4 Å². The largest absolute Gasteiger partial charge is 0.484 e. The number of likely N-dealkylation sites (N-methyl/N-ethyl adjacent to an activating group) is 1. The van der Waals surface area contributed by atoms with E-state index in [9.17, 15) is 4.79 Å². The molecule has 174 valence electrons. The summed E-state index contributed by atoms with van der Waals surface area (Å²) in [6.07, 6.45) is 1.65. The number of aliphatic imine (C=N–C) groups is 1. The number of rotatable bonds is 9. The van der Waals surface area contributed by atoms with Crippen LogP contribution in [0.5, 0.6) is 5.75 Å². The number of amides is 1. The summed E-state index contributed by atoms with van der Waals surface area (Å²) >= 11 is 0. The van der Waals surface area contributed by atoms with Gasteiger partial charge >= 0.3 is 0 Å². The Balaban J connectivity index is 1.58. The first kappa shape index (κ1) is 23.8. The van der Waals surface area contributed by atoms with E-state index < -0.39 is 0 Å². The number of nitrogens with one attached hydrogen (secondary N) is 2. The van der Waals surface area contributed by atoms with Gasteiger partial charge < -0.3 is 24.7 Å². The number of guanidine groups is 1. The summed E-state index contributed by atoms with van der Waals surface area (Å²) in [6.45, 7) is 5.74. The number of carbonyl (C=O) groups excluding carboxylic acids is 1. The Kier molecular flexibility index (Phi) is 8.46. The summed E-state index contributed by atoms with van der Waals surface area (Å²) < 4.78 is 11.2. The predicted molar refractivity (Wildman–Crippen MR) is 129 cm³/mol. The Morgan fingerprint density at radius 2 is 1.94 bits per heavy atom. The first-order chi connectivity index (χ1) is 15.9. The van der Waals surface area contributed by atoms with Crippen LogP contribution < -0.4 is 15.4 Å². The van der Waals surface area contributed by atoms with Gasteiger partial charge in [0.2, 0.25) is 5.89 Å². The second-order valence-corrected chi connectivity index (χ2v) is 7.78. The van der Waals surface area contributed by atoms with Crippen molar-refractivity contribution in [2.75, 3.05) is 27.2 Å². The number of oxazole rings is 1. The molecule has 0 unspecified atom stereocenters. The van der Waals surface area contributed by atoms with Crippen LogP contribution in [0.1, 0.15) is 23.7 Å². The van der Waals surface area contributed by atoms with Gasteiger partial charge in [0.05, 0.1) is 18.8 Å². The molecule has 1 aromatic heterocycles. The molecule has 0 atom stereocenters. The van der Waals surface area contributed by atoms with Crippen molar-refractivity contribution in [2.24, 2.45) is 4.99 Å². The number of hydrogen-bond donors (Lipinski definition) is 2. The lowest BCUT2D eigenvalue weighted by Gasteiger charge is -2.12. The fourth-order valence-electron chi connectivity index (χ4n) is 2.91. The Bertz CT molecular complexity index is 1070. The number of benzene rings is 2. The second kappa shape index (κ2) is 11.7. The van der Waals surface area contributed by atoms with Gasteiger partial charge in [0.1, 0.15) is 12.0 Å². The molecule has 8 heteroatoms. The Labute approximate surface area is 194 Å². The minimum Gasteiger partial charge on any atom is -0.484 e. The van der Waals surface area contributed by atoms with E-state index >= 15 is 0 Å². The molecule has 0 radical (unpaired) electrons. The van der Waals surface area contributed by atoms with Crippen molar-refractivity contribution in [1.82, 2.24) is 20.5 Å². The van der Waals surface area contributed by atoms with Crippen LogP contribution in [0.3, 0.4) is 0 Å². The van der Waals surface area contributed by atoms with Crippen LogP contribution in [0.25, 0.3) is 11.5 Å². The van der Waals surface area contributed by atoms with E-state index in [4.69, 9.17) is 9.15 Å². The summed E-state index contributed by atoms with van der Waals surface area (Å²) in [4.78, 5) is 22.4. The third-order valence-corrected chi connectivity index (χ3v) is 4.81. The predicted octanol–water partition coefficient (Wildman–Crippen LogP) is 3.37. The summed E-state index contributed by atoms with van der Waals surface area (Å²) in [5.74, 6) is 1.82. The molecule has 0 aliphatic rings. The molecule has 33 heavy (non-hydrogen) atoms. The molecule has 8 nitrogen and oxygen atoms in total. The zero-order valence-electron chi connectivity index (χ0n) is 19.6. The van der Waals surface area contributed by atoms with E-state index in [1.807, 2.05) is 62.4 Å². The Morgan fingerprint density at radius 1 is 1.15 bits per heavy atom. The number of aryl methyl sites for hydroxylation is 1. The number of nitrogens with zero attached hydrogens (tertiary/aromatic N) is 3. The molecule has 1 heterocycles. The van der Waals surface area contributed by atoms with Crippen LogP contribution in [0.4, 0.5) is 0 Å². The maximum Gasteiger partial charge on any atom is 0.259 e. The smallest absolute Gasteiger partial charge is 0.259 e. The maximum absolute atomic E-state index is 11.7. The highest BCUT2D eigenvalue weighted by Gasteiger charge is 2.08. The molecule has 0 aliphatic heterocycles. The van der Waals surface area contributed by atoms with Crippen molar-refractivity contribution in [3.8, 4) is 17.2 Å². The van der Waals surface area contributed by atoms with Gasteiger partial charge in [0.15, 0.2) is 12.6 Å². The van der Waals surface area contributed by atoms with Crippen LogP contribution in [-0.2, 0) is 17.9 Å². The molecule has 0 saturated heterocycles. The van der Waals surface area contributed by atoms with Crippen molar-refractivity contribution in [1.29, 1.82) is 0 Å². The number of ether oxygens (including phenoxy) is 1. The highest BCUT2D eigenvalue weighted by Crippen LogP contribution is 2.19. The number of carbonyl (C=O) groups is 1. The summed E-state index contributed by atoms with van der Waals surface area (Å²) in [5.41, 5.74) is 3.90. The highest BCUT2D eigenvalue weighted by atomic mass is 16.5. The quantitative estimate of drug-likeness (QED) is 0.384. The van der Waals surface area contributed by atoms with Gasteiger partial charge in [-0.05, 0) is 43.7 Å². The van der Waals surface area contributed by atoms with Crippen LogP contribution in [0, 0.1) is 6.92 Å². The second-order valence-electron chi connectivity index (χ2n) is 7.78. The molecule has 1 amide bonds. The first-order valence-corrected chi connectivity index (χ1v) is 10.9. The molecule has 2 N–H and O–H groups in total. The molecule has 2 aromatic carbocycles. The van der Waals surface area contributed by atoms with Gasteiger partial charge in [-0.15, -0.1) is 0 Å². The van der Waals surface area contributed by atoms with Crippen molar-refractivity contribution in [3.63, 3.8) is 0 Å². The minimum atomic E-state index is -0.0875. The molecule has 0 saturated carbocycles. The molecule has 3 aromatic rings. The Hall–Kier alpha value is -3.81. The standard InChI is InChI=1S/C25H31N5O3/c1-5-26-25(27-14-19-7-6-8-22(13-19)32-17-23(31)30(3)4)28-15-21-16-33-24(29-21)20-11-9-18(2)10-12-20/h6-13,16H,5,14-15,17H2,1-4H3,(H2,26,27,28). The van der Waals surface area contributed by atoms with E-state index in [2.05, 4.69) is 20.6 Å². The van der Waals surface area contributed by atoms with Crippen molar-refractivity contribution >= 4 is 11.9 Å². The van der Waals surface area contributed by atoms with E-state index in [0.29, 0.717) is 30.7 Å². The van der Waals surface area contributed by atoms with Crippen molar-refractivity contribution in [2.45, 2.75) is 26.9 Å². The van der Waals surface area contributed by atoms with Crippen LogP contribution in [0.15, 0.2) is 64.2 Å². The zero-order valence-corrected chi connectivity index (χ0v) is 19.6. The SMILES string of the molecule is CCNC(=NCc1cccc(OCC(=O)N(C)C)c1)NCc1coc(-c2ccc(C)cc2)n1. The van der Waals surface area contributed by atoms with Gasteiger partial charge in [-0.1, -0.05) is 29.8 Å². The summed E-state index contributed by atoms with van der Waals surface area (Å²) in [7, 11) is 3.41. The van der Waals surface area contributed by atoms with E-state index in [1.165, 1.54) is 10.5 Å². The molecule has 0 spiro atoms. The maximum atomic E-state index is 11.7. The average molecular weight is 450 g/mol. The van der Waals surface area contributed by atoms with Crippen molar-refractivity contribution < 1.29 is 13.9 Å². The molecule has 0 aliphatic carbocycles. The molecule has 0 bridgehead atoms. The van der Waals surface area contributed by atoms with Crippen LogP contribution in [-0.4, -0.2) is 49.0 Å². The van der Waals surface area contributed by atoms with Gasteiger partial charge in [-0.2, -0.15) is 0 Å². The highest BCUT2D eigenvalue weighted by molar-refractivity contribution is 5.79. The monoisotopic (exact) mass is 449 g/mol. The lowest BCUT2D eigenvalue weighted by Crippen LogP contribution is -2.36. The average Bonchev–Trinajstić information content (AvgIpc) is 3.29. The molecule has 0 fully saturated rings. The lowest BCUT2D eigenvalue weighted by molar-refractivity contribution is -0.130. The molecular weight excluding hydrogens is 418 g/mol. The third-order valence-electron chi connectivity index (χ3n) is 4.81. The van der Waals surface area contributed by atoms with Gasteiger partial charge in [0, 0.05) is 26.2 Å². The minimum absolute atomic E-state index is 0.00614. The van der Waals surface area contributed by atoms with Gasteiger partial charge in [0.25, 0.3) is 5.91 Å². The van der Waals surface area contributed by atoms with Crippen molar-refractivity contribution in [3.05, 3.63) is 71.6 Å². The number of hydrogen-bond acceptors (Lipinski definition) is 5. The molecule has 3 rings (SSSR count). The van der Waals surface area contributed by atoms with E-state index in [0.717, 1.165) is 23.4 Å². The van der Waals surface area contributed by atoms with Gasteiger partial charge in [-0.3, -0.25) is 4.79 Å². The topological polar surface area (TPSA) is 92.0 Å². The summed E-state index contributed by atoms with van der Waals surface area (Å²) in [6, 6.07) is 15.6. The van der Waals surface area contributed by atoms with E-state index in [-0.39, 0.29) is 12.5 Å².